The van der Waals surface area contributed by atoms with Crippen molar-refractivity contribution in [1.82, 2.24) is 24.5 Å². The van der Waals surface area contributed by atoms with Crippen molar-refractivity contribution in [2.24, 2.45) is 11.3 Å². The molecule has 0 aromatic carbocycles. The smallest absolute Gasteiger partial charge is 0.410 e. The van der Waals surface area contributed by atoms with E-state index in [1.54, 1.807) is 0 Å². The maximum absolute atomic E-state index is 13.2. The number of carbonyl (C=O) groups is 2. The number of piperazine rings is 1. The van der Waals surface area contributed by atoms with Gasteiger partial charge in [0, 0.05) is 74.4 Å². The average Bonchev–Trinajstić information content (AvgIpc) is 3.10. The van der Waals surface area contributed by atoms with Gasteiger partial charge in [0.25, 0.3) is 0 Å². The highest BCUT2D eigenvalue weighted by molar-refractivity contribution is 5.79. The van der Waals surface area contributed by atoms with Gasteiger partial charge in [-0.3, -0.25) is 9.48 Å². The molecule has 4 heterocycles. The summed E-state index contributed by atoms with van der Waals surface area (Å²) in [4.78, 5) is 34.2. The third-order valence-electron chi connectivity index (χ3n) is 8.92. The minimum atomic E-state index is -0.454. The van der Waals surface area contributed by atoms with Crippen LogP contribution in [0, 0.1) is 18.3 Å². The molecule has 2 amide bonds. The predicted octanol–water partition coefficient (Wildman–Crippen LogP) is 3.53. The summed E-state index contributed by atoms with van der Waals surface area (Å²) in [5, 5.41) is 5.08. The number of anilines is 1. The SMILES string of the molecule is Cc1cc(N2CCC(C(=O)N3CCN(C)CC3)CC2(C)C)nn1C1CC2(C1)CN(C(=O)OC(C)(C)C)C2. The third-order valence-corrected chi connectivity index (χ3v) is 8.92. The number of hydrogen-bond acceptors (Lipinski definition) is 6. The second kappa shape index (κ2) is 9.17. The molecule has 1 unspecified atom stereocenters. The van der Waals surface area contributed by atoms with E-state index in [4.69, 9.17) is 9.84 Å². The number of rotatable bonds is 3. The Morgan fingerprint density at radius 3 is 2.24 bits per heavy atom. The first-order chi connectivity index (χ1) is 17.3. The molecule has 5 rings (SSSR count). The molecular weight excluding hydrogens is 468 g/mol. The fourth-order valence-corrected chi connectivity index (χ4v) is 6.89. The summed E-state index contributed by atoms with van der Waals surface area (Å²) in [6, 6.07) is 2.59. The molecule has 0 radical (unpaired) electrons. The van der Waals surface area contributed by atoms with Gasteiger partial charge < -0.3 is 24.3 Å². The Hall–Kier alpha value is -2.29. The van der Waals surface area contributed by atoms with Crippen molar-refractivity contribution in [2.45, 2.75) is 84.4 Å². The van der Waals surface area contributed by atoms with Gasteiger partial charge in [0.2, 0.25) is 5.91 Å². The highest BCUT2D eigenvalue weighted by Gasteiger charge is 2.55. The molecular formula is C28H46N6O3. The minimum absolute atomic E-state index is 0.0934. The van der Waals surface area contributed by atoms with Crippen LogP contribution in [0.3, 0.4) is 0 Å². The predicted molar refractivity (Wildman–Crippen MR) is 144 cm³/mol. The van der Waals surface area contributed by atoms with Crippen molar-refractivity contribution < 1.29 is 14.3 Å². The maximum atomic E-state index is 13.2. The number of likely N-dealkylation sites (tertiary alicyclic amines) is 1. The number of carbonyl (C=O) groups excluding carboxylic acids is 2. The molecule has 1 spiro atoms. The summed E-state index contributed by atoms with van der Waals surface area (Å²) in [5.41, 5.74) is 0.829. The number of nitrogens with zero attached hydrogens (tertiary/aromatic N) is 6. The Kier molecular flexibility index (Phi) is 6.52. The summed E-state index contributed by atoms with van der Waals surface area (Å²) < 4.78 is 7.73. The van der Waals surface area contributed by atoms with Gasteiger partial charge >= 0.3 is 6.09 Å². The molecule has 1 aromatic rings. The fraction of sp³-hybridized carbons (Fsp3) is 0.821. The van der Waals surface area contributed by atoms with Gasteiger partial charge in [0.15, 0.2) is 5.82 Å². The molecule has 9 nitrogen and oxygen atoms in total. The molecule has 3 aliphatic heterocycles. The van der Waals surface area contributed by atoms with Crippen LogP contribution in [0.2, 0.25) is 0 Å². The van der Waals surface area contributed by atoms with Crippen molar-refractivity contribution in [3.05, 3.63) is 11.8 Å². The number of aromatic nitrogens is 2. The Morgan fingerprint density at radius 2 is 1.65 bits per heavy atom. The number of aryl methyl sites for hydroxylation is 1. The Labute approximate surface area is 222 Å². The standard InChI is InChI=1S/C28H46N6O3/c1-20-14-23(29-34(20)22-16-28(17-22)18-32(19-28)25(36)37-26(2,3)4)33-9-8-21(15-27(33,5)6)24(35)31-12-10-30(7)11-13-31/h14,21-22H,8-13,15-19H2,1-7H3. The molecule has 9 heteroatoms. The van der Waals surface area contributed by atoms with Crippen LogP contribution in [0.25, 0.3) is 0 Å². The van der Waals surface area contributed by atoms with Gasteiger partial charge in [-0.15, -0.1) is 0 Å². The molecule has 206 valence electrons. The molecule has 1 aliphatic carbocycles. The van der Waals surface area contributed by atoms with Gasteiger partial charge in [0.1, 0.15) is 5.60 Å². The van der Waals surface area contributed by atoms with Crippen molar-refractivity contribution in [3.63, 3.8) is 0 Å². The van der Waals surface area contributed by atoms with Crippen molar-refractivity contribution >= 4 is 17.8 Å². The monoisotopic (exact) mass is 514 g/mol. The van der Waals surface area contributed by atoms with E-state index in [0.29, 0.717) is 11.9 Å². The van der Waals surface area contributed by atoms with Crippen molar-refractivity contribution in [2.75, 3.05) is 57.8 Å². The van der Waals surface area contributed by atoms with E-state index >= 15 is 0 Å². The zero-order valence-corrected chi connectivity index (χ0v) is 23.9. The van der Waals surface area contributed by atoms with Crippen LogP contribution in [0.4, 0.5) is 10.6 Å². The Bertz CT molecular complexity index is 1020. The van der Waals surface area contributed by atoms with Crippen molar-refractivity contribution in [1.29, 1.82) is 0 Å². The van der Waals surface area contributed by atoms with Crippen LogP contribution in [0.1, 0.15) is 72.0 Å². The number of hydrogen-bond donors (Lipinski definition) is 0. The molecule has 0 N–H and O–H groups in total. The van der Waals surface area contributed by atoms with Gasteiger partial charge in [-0.25, -0.2) is 4.79 Å². The third kappa shape index (κ3) is 5.20. The summed E-state index contributed by atoms with van der Waals surface area (Å²) in [5.74, 6) is 1.46. The fourth-order valence-electron chi connectivity index (χ4n) is 6.89. The van der Waals surface area contributed by atoms with Gasteiger partial charge in [-0.1, -0.05) is 0 Å². The molecule has 1 atom stereocenters. The zero-order chi connectivity index (χ0) is 26.8. The summed E-state index contributed by atoms with van der Waals surface area (Å²) >= 11 is 0. The van der Waals surface area contributed by atoms with Crippen LogP contribution in [-0.4, -0.2) is 100 Å². The van der Waals surface area contributed by atoms with E-state index in [0.717, 1.165) is 77.3 Å². The Morgan fingerprint density at radius 1 is 1.00 bits per heavy atom. The quantitative estimate of drug-likeness (QED) is 0.614. The van der Waals surface area contributed by atoms with E-state index in [1.165, 1.54) is 5.69 Å². The molecule has 1 saturated carbocycles. The lowest BCUT2D eigenvalue weighted by atomic mass is 9.61. The topological polar surface area (TPSA) is 74.2 Å². The van der Waals surface area contributed by atoms with E-state index in [-0.39, 0.29) is 23.0 Å². The van der Waals surface area contributed by atoms with Gasteiger partial charge in [-0.05, 0) is 74.3 Å². The van der Waals surface area contributed by atoms with E-state index < -0.39 is 5.60 Å². The van der Waals surface area contributed by atoms with E-state index in [1.807, 2.05) is 25.7 Å². The first kappa shape index (κ1) is 26.3. The highest BCUT2D eigenvalue weighted by atomic mass is 16.6. The largest absolute Gasteiger partial charge is 0.444 e. The molecule has 0 bridgehead atoms. The Balaban J connectivity index is 1.17. The minimum Gasteiger partial charge on any atom is -0.444 e. The normalized spacial score (nSPS) is 26.1. The first-order valence-electron chi connectivity index (χ1n) is 14.0. The number of amides is 2. The highest BCUT2D eigenvalue weighted by Crippen LogP contribution is 2.54. The van der Waals surface area contributed by atoms with E-state index in [9.17, 15) is 9.59 Å². The van der Waals surface area contributed by atoms with Gasteiger partial charge in [0.05, 0.1) is 6.04 Å². The lowest BCUT2D eigenvalue weighted by Gasteiger charge is -2.58. The van der Waals surface area contributed by atoms with Crippen LogP contribution in [-0.2, 0) is 9.53 Å². The van der Waals surface area contributed by atoms with Crippen molar-refractivity contribution in [3.8, 4) is 0 Å². The van der Waals surface area contributed by atoms with Crippen LogP contribution < -0.4 is 4.90 Å². The molecule has 1 aromatic heterocycles. The lowest BCUT2D eigenvalue weighted by molar-refractivity contribution is -0.138. The van der Waals surface area contributed by atoms with Crippen LogP contribution in [0.15, 0.2) is 6.07 Å². The molecule has 4 fully saturated rings. The maximum Gasteiger partial charge on any atom is 0.410 e. The first-order valence-corrected chi connectivity index (χ1v) is 14.0. The number of likely N-dealkylation sites (N-methyl/N-ethyl adjacent to an activating group) is 1. The lowest BCUT2D eigenvalue weighted by Crippen LogP contribution is -2.64. The summed E-state index contributed by atoms with van der Waals surface area (Å²) in [7, 11) is 2.12. The number of piperidine rings is 1. The summed E-state index contributed by atoms with van der Waals surface area (Å²) in [6.45, 7) is 18.4. The number of ether oxygens (including phenoxy) is 1. The second-order valence-corrected chi connectivity index (χ2v) is 13.8. The molecule has 3 saturated heterocycles. The zero-order valence-electron chi connectivity index (χ0n) is 23.9. The van der Waals surface area contributed by atoms with E-state index in [2.05, 4.69) is 53.3 Å². The van der Waals surface area contributed by atoms with Crippen LogP contribution >= 0.6 is 0 Å². The molecule has 4 aliphatic rings. The molecule has 37 heavy (non-hydrogen) atoms. The summed E-state index contributed by atoms with van der Waals surface area (Å²) in [6.07, 6.45) is 3.65. The van der Waals surface area contributed by atoms with Crippen LogP contribution in [0.5, 0.6) is 0 Å². The average molecular weight is 515 g/mol. The van der Waals surface area contributed by atoms with Gasteiger partial charge in [-0.2, -0.15) is 5.10 Å². The second-order valence-electron chi connectivity index (χ2n) is 13.8.